The van der Waals surface area contributed by atoms with Gasteiger partial charge in [0.2, 0.25) is 0 Å². The molecular formula is C21H25NO7. The Kier molecular flexibility index (Phi) is 4.91. The van der Waals surface area contributed by atoms with Crippen molar-refractivity contribution in [2.45, 2.75) is 32.0 Å². The highest BCUT2D eigenvalue weighted by Gasteiger charge is 2.82. The van der Waals surface area contributed by atoms with Gasteiger partial charge in [0.1, 0.15) is 0 Å². The maximum absolute atomic E-state index is 13.8. The van der Waals surface area contributed by atoms with Crippen LogP contribution in [-0.4, -0.2) is 43.8 Å². The number of hydrogen-bond donors (Lipinski definition) is 0. The summed E-state index contributed by atoms with van der Waals surface area (Å²) in [6.45, 7) is 5.69. The van der Waals surface area contributed by atoms with Crippen LogP contribution in [0, 0.1) is 27.4 Å². The number of carbonyl (C=O) groups excluding carboxylic acids is 2. The maximum Gasteiger partial charge on any atom is 0.310 e. The van der Waals surface area contributed by atoms with Crippen molar-refractivity contribution < 1.29 is 28.7 Å². The molecule has 0 amide bonds. The quantitative estimate of drug-likeness (QED) is 0.322. The monoisotopic (exact) mass is 403 g/mol. The van der Waals surface area contributed by atoms with Gasteiger partial charge in [0, 0.05) is 37.8 Å². The van der Waals surface area contributed by atoms with Crippen LogP contribution in [0.25, 0.3) is 0 Å². The van der Waals surface area contributed by atoms with Crippen LogP contribution in [0.3, 0.4) is 0 Å². The number of hydrogen-bond acceptors (Lipinski definition) is 7. The fourth-order valence-corrected chi connectivity index (χ4v) is 4.61. The lowest BCUT2D eigenvalue weighted by Gasteiger charge is -2.38. The van der Waals surface area contributed by atoms with Gasteiger partial charge in [-0.1, -0.05) is 32.9 Å². The Labute approximate surface area is 169 Å². The molecule has 0 aromatic heterocycles. The van der Waals surface area contributed by atoms with E-state index in [1.54, 1.807) is 6.08 Å². The molecule has 2 aliphatic carbocycles. The summed E-state index contributed by atoms with van der Waals surface area (Å²) in [6.07, 6.45) is 1.66. The predicted octanol–water partition coefficient (Wildman–Crippen LogP) is 2.80. The molecule has 0 heterocycles. The number of benzene rings is 1. The Bertz CT molecular complexity index is 893. The first-order valence-electron chi connectivity index (χ1n) is 9.22. The predicted molar refractivity (Wildman–Crippen MR) is 103 cm³/mol. The van der Waals surface area contributed by atoms with Crippen molar-refractivity contribution in [2.75, 3.05) is 21.3 Å². The van der Waals surface area contributed by atoms with Gasteiger partial charge in [0.15, 0.2) is 11.6 Å². The Morgan fingerprint density at radius 3 is 2.07 bits per heavy atom. The highest BCUT2D eigenvalue weighted by Crippen LogP contribution is 2.70. The fraction of sp³-hybridized carbons (Fsp3) is 0.524. The van der Waals surface area contributed by atoms with Crippen LogP contribution in [-0.2, 0) is 29.2 Å². The lowest BCUT2D eigenvalue weighted by Crippen LogP contribution is -2.46. The zero-order chi connectivity index (χ0) is 21.8. The lowest BCUT2D eigenvalue weighted by molar-refractivity contribution is -0.384. The van der Waals surface area contributed by atoms with Crippen LogP contribution in [0.5, 0.6) is 0 Å². The van der Waals surface area contributed by atoms with E-state index in [0.717, 1.165) is 0 Å². The summed E-state index contributed by atoms with van der Waals surface area (Å²) < 4.78 is 16.4. The second kappa shape index (κ2) is 6.74. The molecule has 0 aliphatic heterocycles. The summed E-state index contributed by atoms with van der Waals surface area (Å²) in [6, 6.07) is 5.70. The summed E-state index contributed by atoms with van der Waals surface area (Å²) in [5.74, 6) is -3.57. The van der Waals surface area contributed by atoms with E-state index in [1.165, 1.54) is 45.6 Å². The standard InChI is InChI=1S/C21H25NO7/c1-19(2,3)14-11-20(28-5,29-6)16-15(18(24)27-4)21(16,17(14)23)12-7-9-13(10-8-12)22(25)26/h7-11,15-16H,1-6H3/t15-,16-,21-/m0/s1. The van der Waals surface area contributed by atoms with E-state index < -0.39 is 39.3 Å². The van der Waals surface area contributed by atoms with Crippen LogP contribution in [0.15, 0.2) is 35.9 Å². The first-order valence-corrected chi connectivity index (χ1v) is 9.22. The van der Waals surface area contributed by atoms with Crippen molar-refractivity contribution in [1.29, 1.82) is 0 Å². The summed E-state index contributed by atoms with van der Waals surface area (Å²) >= 11 is 0. The molecular weight excluding hydrogens is 378 g/mol. The number of esters is 1. The van der Waals surface area contributed by atoms with Crippen molar-refractivity contribution in [2.24, 2.45) is 17.3 Å². The number of nitro benzene ring substituents is 1. The molecule has 0 radical (unpaired) electrons. The molecule has 29 heavy (non-hydrogen) atoms. The number of Topliss-reactive ketones (excluding diaryl/α,β-unsaturated/α-hetero) is 1. The zero-order valence-electron chi connectivity index (χ0n) is 17.3. The highest BCUT2D eigenvalue weighted by molar-refractivity contribution is 6.12. The van der Waals surface area contributed by atoms with E-state index in [2.05, 4.69) is 0 Å². The molecule has 3 atom stereocenters. The number of rotatable bonds is 5. The van der Waals surface area contributed by atoms with Crippen molar-refractivity contribution in [3.8, 4) is 0 Å². The summed E-state index contributed by atoms with van der Waals surface area (Å²) in [5.41, 5.74) is -0.937. The zero-order valence-corrected chi connectivity index (χ0v) is 17.3. The Morgan fingerprint density at radius 1 is 1.10 bits per heavy atom. The molecule has 8 nitrogen and oxygen atoms in total. The Morgan fingerprint density at radius 2 is 1.66 bits per heavy atom. The van der Waals surface area contributed by atoms with Gasteiger partial charge < -0.3 is 14.2 Å². The number of methoxy groups -OCH3 is 3. The third-order valence-electron chi connectivity index (χ3n) is 6.06. The number of nitro groups is 1. The van der Waals surface area contributed by atoms with Crippen molar-refractivity contribution in [3.05, 3.63) is 51.6 Å². The van der Waals surface area contributed by atoms with Gasteiger partial charge in [-0.2, -0.15) is 0 Å². The van der Waals surface area contributed by atoms with Gasteiger partial charge in [0.05, 0.1) is 23.4 Å². The minimum atomic E-state index is -1.31. The molecule has 3 rings (SSSR count). The molecule has 1 saturated carbocycles. The second-order valence-electron chi connectivity index (χ2n) is 8.42. The second-order valence-corrected chi connectivity index (χ2v) is 8.42. The molecule has 0 bridgehead atoms. The van der Waals surface area contributed by atoms with Gasteiger partial charge in [-0.05, 0) is 17.1 Å². The fourth-order valence-electron chi connectivity index (χ4n) is 4.61. The maximum atomic E-state index is 13.8. The molecule has 1 fully saturated rings. The number of allylic oxidation sites excluding steroid dienone is 1. The lowest BCUT2D eigenvalue weighted by atomic mass is 9.70. The number of ketones is 1. The highest BCUT2D eigenvalue weighted by atomic mass is 16.7. The average molecular weight is 403 g/mol. The third kappa shape index (κ3) is 2.81. The smallest absolute Gasteiger partial charge is 0.310 e. The first-order chi connectivity index (χ1) is 13.5. The molecule has 0 saturated heterocycles. The van der Waals surface area contributed by atoms with E-state index in [9.17, 15) is 19.7 Å². The molecule has 0 unspecified atom stereocenters. The van der Waals surface area contributed by atoms with Crippen LogP contribution in [0.2, 0.25) is 0 Å². The van der Waals surface area contributed by atoms with E-state index in [1.807, 2.05) is 20.8 Å². The number of fused-ring (bicyclic) bond motifs is 1. The molecule has 156 valence electrons. The van der Waals surface area contributed by atoms with E-state index in [0.29, 0.717) is 11.1 Å². The van der Waals surface area contributed by atoms with Crippen molar-refractivity contribution in [3.63, 3.8) is 0 Å². The van der Waals surface area contributed by atoms with Crippen LogP contribution < -0.4 is 0 Å². The first kappa shape index (κ1) is 21.1. The van der Waals surface area contributed by atoms with Gasteiger partial charge in [-0.3, -0.25) is 19.7 Å². The van der Waals surface area contributed by atoms with Gasteiger partial charge in [0.25, 0.3) is 5.69 Å². The molecule has 0 N–H and O–H groups in total. The van der Waals surface area contributed by atoms with Gasteiger partial charge in [-0.15, -0.1) is 0 Å². The van der Waals surface area contributed by atoms with Crippen molar-refractivity contribution in [1.82, 2.24) is 0 Å². The average Bonchev–Trinajstić information content (AvgIpc) is 3.40. The Hall–Kier alpha value is -2.58. The summed E-state index contributed by atoms with van der Waals surface area (Å²) in [7, 11) is 4.19. The minimum Gasteiger partial charge on any atom is -0.469 e. The van der Waals surface area contributed by atoms with Gasteiger partial charge in [-0.25, -0.2) is 0 Å². The topological polar surface area (TPSA) is 105 Å². The molecule has 1 aromatic carbocycles. The van der Waals surface area contributed by atoms with E-state index in [4.69, 9.17) is 14.2 Å². The van der Waals surface area contributed by atoms with Crippen LogP contribution >= 0.6 is 0 Å². The van der Waals surface area contributed by atoms with Crippen LogP contribution in [0.1, 0.15) is 26.3 Å². The molecule has 8 heteroatoms. The number of carbonyl (C=O) groups is 2. The van der Waals surface area contributed by atoms with Gasteiger partial charge >= 0.3 is 5.97 Å². The molecule has 0 spiro atoms. The number of ether oxygens (including phenoxy) is 3. The number of non-ortho nitro benzene ring substituents is 1. The largest absolute Gasteiger partial charge is 0.469 e. The summed E-state index contributed by atoms with van der Waals surface area (Å²) in [5, 5.41) is 11.1. The van der Waals surface area contributed by atoms with Crippen molar-refractivity contribution >= 4 is 17.4 Å². The molecule has 2 aliphatic rings. The third-order valence-corrected chi connectivity index (χ3v) is 6.06. The van der Waals surface area contributed by atoms with Crippen LogP contribution in [0.4, 0.5) is 5.69 Å². The van der Waals surface area contributed by atoms with E-state index >= 15 is 0 Å². The number of nitrogens with zero attached hydrogens (tertiary/aromatic N) is 1. The molecule has 1 aromatic rings. The Balaban J connectivity index is 2.28. The van der Waals surface area contributed by atoms with E-state index in [-0.39, 0.29) is 11.5 Å². The SMILES string of the molecule is COC(=O)[C@@H]1[C@H]2C(OC)(OC)C=C(C(C)(C)C)C(=O)[C@@]12c1ccc([N+](=O)[O-])cc1. The normalized spacial score (nSPS) is 27.7. The minimum absolute atomic E-state index is 0.100. The summed E-state index contributed by atoms with van der Waals surface area (Å²) in [4.78, 5) is 37.0.